The van der Waals surface area contributed by atoms with Crippen molar-refractivity contribution in [3.05, 3.63) is 84.4 Å². The highest BCUT2D eigenvalue weighted by Crippen LogP contribution is 2.55. The van der Waals surface area contributed by atoms with Gasteiger partial charge in [0.2, 0.25) is 5.91 Å². The Kier molecular flexibility index (Phi) is 8.13. The minimum atomic E-state index is -0.631. The highest BCUT2D eigenvalue weighted by Gasteiger charge is 2.55. The van der Waals surface area contributed by atoms with Crippen LogP contribution in [0.15, 0.2) is 78.1 Å². The van der Waals surface area contributed by atoms with Crippen molar-refractivity contribution < 1.29 is 14.3 Å². The number of carbonyl (C=O) groups excluding carboxylic acids is 2. The Hall–Kier alpha value is -4.72. The lowest BCUT2D eigenvalue weighted by atomic mass is 9.94. The summed E-state index contributed by atoms with van der Waals surface area (Å²) in [4.78, 5) is 41.1. The van der Waals surface area contributed by atoms with Crippen LogP contribution in [0.3, 0.4) is 0 Å². The average Bonchev–Trinajstić information content (AvgIpc) is 3.69. The van der Waals surface area contributed by atoms with E-state index in [9.17, 15) is 9.59 Å². The molecule has 3 fully saturated rings. The van der Waals surface area contributed by atoms with E-state index in [1.165, 1.54) is 65.8 Å². The van der Waals surface area contributed by atoms with Crippen LogP contribution in [0.1, 0.15) is 82.5 Å². The van der Waals surface area contributed by atoms with Gasteiger partial charge in [-0.3, -0.25) is 9.79 Å². The predicted molar refractivity (Wildman–Crippen MR) is 194 cm³/mol. The standard InChI is InChI=1S/C41H45N5O3/c1-25(2)37(45-40(48)49-3)39(47)46-24-41(16-17-41)21-36(46)34-20-33(22-42-34)27-10-8-26(9-11-27)29-12-13-31-19-32(15-14-30(31)18-29)35-23-43-38(44-35)28-6-4-5-7-28/h8-15,18-19,22-23,25,28,36-37H,4-7,16-17,20-21,24H2,1-3H3,(H,43,44)(H,45,48)/t36-,37-/m0/s1. The largest absolute Gasteiger partial charge is 0.453 e. The van der Waals surface area contributed by atoms with Gasteiger partial charge in [0.25, 0.3) is 0 Å². The summed E-state index contributed by atoms with van der Waals surface area (Å²) in [6.07, 6.45) is 12.4. The Morgan fingerprint density at radius 1 is 0.939 bits per heavy atom. The molecule has 2 N–H and O–H groups in total. The smallest absolute Gasteiger partial charge is 0.407 e. The number of benzene rings is 3. The highest BCUT2D eigenvalue weighted by molar-refractivity contribution is 6.04. The first kappa shape index (κ1) is 31.5. The molecule has 8 heteroatoms. The molecule has 2 amide bonds. The number of aromatic nitrogens is 2. The molecule has 49 heavy (non-hydrogen) atoms. The van der Waals surface area contributed by atoms with E-state index in [1.807, 2.05) is 31.1 Å². The molecule has 1 spiro atoms. The van der Waals surface area contributed by atoms with Crippen LogP contribution < -0.4 is 5.32 Å². The van der Waals surface area contributed by atoms with Gasteiger partial charge < -0.3 is 19.9 Å². The Morgan fingerprint density at radius 3 is 2.31 bits per heavy atom. The molecule has 8 rings (SSSR count). The Labute approximate surface area is 288 Å². The van der Waals surface area contributed by atoms with Crippen LogP contribution >= 0.6 is 0 Å². The molecule has 3 heterocycles. The van der Waals surface area contributed by atoms with E-state index in [0.29, 0.717) is 5.92 Å². The van der Waals surface area contributed by atoms with Gasteiger partial charge >= 0.3 is 6.09 Å². The second kappa shape index (κ2) is 12.6. The van der Waals surface area contributed by atoms with Gasteiger partial charge in [-0.25, -0.2) is 9.78 Å². The number of H-pyrrole nitrogens is 1. The Bertz CT molecular complexity index is 1960. The maximum atomic E-state index is 13.8. The molecule has 8 nitrogen and oxygen atoms in total. The quantitative estimate of drug-likeness (QED) is 0.199. The van der Waals surface area contributed by atoms with Crippen molar-refractivity contribution in [2.24, 2.45) is 16.3 Å². The molecule has 2 aliphatic carbocycles. The summed E-state index contributed by atoms with van der Waals surface area (Å²) in [5.74, 6) is 1.61. The van der Waals surface area contributed by atoms with Gasteiger partial charge in [0, 0.05) is 36.4 Å². The number of hydrogen-bond acceptors (Lipinski definition) is 5. The first-order chi connectivity index (χ1) is 23.8. The van der Waals surface area contributed by atoms with Crippen LogP contribution in [-0.4, -0.2) is 58.3 Å². The number of rotatable bonds is 8. The molecule has 2 saturated carbocycles. The number of fused-ring (bicyclic) bond motifs is 1. The molecule has 0 unspecified atom stereocenters. The molecule has 0 radical (unpaired) electrons. The number of alkyl carbamates (subject to hydrolysis) is 1. The fourth-order valence-electron chi connectivity index (χ4n) is 8.19. The third kappa shape index (κ3) is 6.18. The van der Waals surface area contributed by atoms with E-state index >= 15 is 0 Å². The van der Waals surface area contributed by atoms with Crippen molar-refractivity contribution in [2.45, 2.75) is 83.2 Å². The van der Waals surface area contributed by atoms with E-state index in [4.69, 9.17) is 14.7 Å². The maximum Gasteiger partial charge on any atom is 0.407 e. The Balaban J connectivity index is 0.945. The third-order valence-corrected chi connectivity index (χ3v) is 11.4. The van der Waals surface area contributed by atoms with Crippen molar-refractivity contribution in [3.63, 3.8) is 0 Å². The van der Waals surface area contributed by atoms with Gasteiger partial charge in [0.15, 0.2) is 0 Å². The number of aliphatic imine (C=N–C) groups is 1. The molecular weight excluding hydrogens is 610 g/mol. The number of allylic oxidation sites excluding steroid dienone is 1. The molecule has 1 saturated heterocycles. The predicted octanol–water partition coefficient (Wildman–Crippen LogP) is 8.50. The number of methoxy groups -OCH3 is 1. The number of likely N-dealkylation sites (tertiary alicyclic amines) is 1. The van der Waals surface area contributed by atoms with Crippen LogP contribution in [0.5, 0.6) is 0 Å². The van der Waals surface area contributed by atoms with Crippen molar-refractivity contribution >= 4 is 34.1 Å². The number of nitrogens with zero attached hydrogens (tertiary/aromatic N) is 3. The number of imidazole rings is 1. The minimum Gasteiger partial charge on any atom is -0.453 e. The van der Waals surface area contributed by atoms with Gasteiger partial charge in [0.1, 0.15) is 11.9 Å². The summed E-state index contributed by atoms with van der Waals surface area (Å²) in [5.41, 5.74) is 8.16. The maximum absolute atomic E-state index is 13.8. The normalized spacial score (nSPS) is 20.6. The van der Waals surface area contributed by atoms with E-state index in [0.717, 1.165) is 55.0 Å². The lowest BCUT2D eigenvalue weighted by Gasteiger charge is -2.31. The van der Waals surface area contributed by atoms with Crippen LogP contribution in [0, 0.1) is 11.3 Å². The van der Waals surface area contributed by atoms with Crippen LogP contribution in [0.4, 0.5) is 4.79 Å². The highest BCUT2D eigenvalue weighted by atomic mass is 16.5. The zero-order valence-electron chi connectivity index (χ0n) is 28.7. The van der Waals surface area contributed by atoms with E-state index in [2.05, 4.69) is 71.0 Å². The second-order valence-electron chi connectivity index (χ2n) is 15.0. The summed E-state index contributed by atoms with van der Waals surface area (Å²) >= 11 is 0. The second-order valence-corrected chi connectivity index (χ2v) is 15.0. The van der Waals surface area contributed by atoms with E-state index in [1.54, 1.807) is 0 Å². The van der Waals surface area contributed by atoms with Gasteiger partial charge in [-0.1, -0.05) is 75.2 Å². The topological polar surface area (TPSA) is 99.7 Å². The molecular formula is C41H45N5O3. The third-order valence-electron chi connectivity index (χ3n) is 11.4. The number of aromatic amines is 1. The monoisotopic (exact) mass is 655 g/mol. The van der Waals surface area contributed by atoms with E-state index < -0.39 is 12.1 Å². The number of nitrogens with one attached hydrogen (secondary N) is 2. The Morgan fingerprint density at radius 2 is 1.61 bits per heavy atom. The molecule has 2 aliphatic heterocycles. The minimum absolute atomic E-state index is 0.0453. The summed E-state index contributed by atoms with van der Waals surface area (Å²) < 4.78 is 4.82. The summed E-state index contributed by atoms with van der Waals surface area (Å²) in [5, 5.41) is 5.20. The molecule has 1 aromatic heterocycles. The zero-order chi connectivity index (χ0) is 33.7. The first-order valence-electron chi connectivity index (χ1n) is 17.9. The molecule has 2 atom stereocenters. The number of carbonyl (C=O) groups is 2. The van der Waals surface area contributed by atoms with Crippen molar-refractivity contribution in [2.75, 3.05) is 13.7 Å². The summed E-state index contributed by atoms with van der Waals surface area (Å²) in [6.45, 7) is 4.63. The van der Waals surface area contributed by atoms with Gasteiger partial charge in [-0.05, 0) is 88.6 Å². The number of ether oxygens (including phenoxy) is 1. The lowest BCUT2D eigenvalue weighted by Crippen LogP contribution is -2.53. The molecule has 252 valence electrons. The van der Waals surface area contributed by atoms with Crippen LogP contribution in [0.2, 0.25) is 0 Å². The summed E-state index contributed by atoms with van der Waals surface area (Å²) in [7, 11) is 1.33. The van der Waals surface area contributed by atoms with Gasteiger partial charge in [-0.2, -0.15) is 0 Å². The fourth-order valence-corrected chi connectivity index (χ4v) is 8.19. The lowest BCUT2D eigenvalue weighted by molar-refractivity contribution is -0.134. The first-order valence-corrected chi connectivity index (χ1v) is 17.9. The SMILES string of the molecule is COC(=O)N[C@H](C(=O)N1CC2(CC2)C[C@H]1C1=NC=C(c2ccc(-c3ccc4cc(-c5cnc(C6CCCC6)[nH]5)ccc4c3)cc2)C1)C(C)C. The zero-order valence-corrected chi connectivity index (χ0v) is 28.7. The van der Waals surface area contributed by atoms with Crippen LogP contribution in [0.25, 0.3) is 38.7 Å². The van der Waals surface area contributed by atoms with Crippen LogP contribution in [-0.2, 0) is 9.53 Å². The molecule has 0 bridgehead atoms. The molecule has 3 aromatic carbocycles. The molecule has 4 aliphatic rings. The van der Waals surface area contributed by atoms with Crippen molar-refractivity contribution in [3.8, 4) is 22.4 Å². The molecule has 4 aromatic rings. The van der Waals surface area contributed by atoms with E-state index in [-0.39, 0.29) is 23.3 Å². The van der Waals surface area contributed by atoms with Gasteiger partial charge in [0.05, 0.1) is 25.0 Å². The van der Waals surface area contributed by atoms with Crippen molar-refractivity contribution in [1.29, 1.82) is 0 Å². The number of hydrogen-bond donors (Lipinski definition) is 2. The fraction of sp³-hybridized carbons (Fsp3) is 0.415. The van der Waals surface area contributed by atoms with Crippen molar-refractivity contribution in [1.82, 2.24) is 20.2 Å². The number of amides is 2. The average molecular weight is 656 g/mol. The summed E-state index contributed by atoms with van der Waals surface area (Å²) in [6, 6.07) is 21.4. The van der Waals surface area contributed by atoms with Gasteiger partial charge in [-0.15, -0.1) is 0 Å².